The van der Waals surface area contributed by atoms with E-state index < -0.39 is 20.0 Å². The molecule has 0 unspecified atom stereocenters. The Morgan fingerprint density at radius 1 is 1.14 bits per heavy atom. The first-order valence-electron chi connectivity index (χ1n) is 6.68. The highest BCUT2D eigenvalue weighted by molar-refractivity contribution is 9.09. The lowest BCUT2D eigenvalue weighted by Crippen LogP contribution is -2.37. The van der Waals surface area contributed by atoms with Gasteiger partial charge < -0.3 is 0 Å². The maximum atomic E-state index is 13.5. The van der Waals surface area contributed by atoms with Gasteiger partial charge in [-0.1, -0.05) is 44.0 Å². The number of alkyl halides is 2. The molecule has 1 aromatic rings. The summed E-state index contributed by atoms with van der Waals surface area (Å²) in [6.45, 7) is 5.11. The quantitative estimate of drug-likeness (QED) is 0.608. The van der Waals surface area contributed by atoms with Crippen LogP contribution in [0, 0.1) is 5.82 Å². The van der Waals surface area contributed by atoms with Gasteiger partial charge in [0.15, 0.2) is 9.84 Å². The Kier molecular flexibility index (Phi) is 6.45. The molecule has 0 aliphatic carbocycles. The smallest absolute Gasteiger partial charge is 0.155 e. The summed E-state index contributed by atoms with van der Waals surface area (Å²) in [5, 5.41) is 1.13. The third kappa shape index (κ3) is 4.52. The molecule has 6 heteroatoms. The number of sulfone groups is 1. The van der Waals surface area contributed by atoms with Gasteiger partial charge in [-0.3, -0.25) is 0 Å². The fourth-order valence-electron chi connectivity index (χ4n) is 1.92. The lowest BCUT2D eigenvalue weighted by molar-refractivity contribution is 0.508. The van der Waals surface area contributed by atoms with Crippen LogP contribution in [0.4, 0.5) is 4.39 Å². The zero-order valence-electron chi connectivity index (χ0n) is 12.5. The van der Waals surface area contributed by atoms with Crippen LogP contribution in [-0.2, 0) is 15.3 Å². The monoisotopic (exact) mass is 442 g/mol. The van der Waals surface area contributed by atoms with E-state index in [0.29, 0.717) is 17.1 Å². The molecule has 120 valence electrons. The Morgan fingerprint density at radius 2 is 1.71 bits per heavy atom. The number of halogens is 3. The van der Waals surface area contributed by atoms with Crippen LogP contribution in [-0.4, -0.2) is 29.6 Å². The first-order valence-corrected chi connectivity index (χ1v) is 10.6. The molecule has 0 radical (unpaired) electrons. The van der Waals surface area contributed by atoms with Crippen molar-refractivity contribution in [3.05, 3.63) is 35.6 Å². The Balaban J connectivity index is 3.09. The highest BCUT2D eigenvalue weighted by Crippen LogP contribution is 2.34. The van der Waals surface area contributed by atoms with E-state index in [1.807, 2.05) is 6.07 Å². The molecule has 21 heavy (non-hydrogen) atoms. The summed E-state index contributed by atoms with van der Waals surface area (Å²) in [5.74, 6) is -0.234. The average molecular weight is 444 g/mol. The normalized spacial score (nSPS) is 13.4. The number of benzene rings is 1. The fraction of sp³-hybridized carbons (Fsp3) is 0.600. The largest absolute Gasteiger partial charge is 0.228 e. The minimum absolute atomic E-state index is 0.0736. The predicted octanol–water partition coefficient (Wildman–Crippen LogP) is 4.46. The van der Waals surface area contributed by atoms with Gasteiger partial charge in [-0.15, -0.1) is 0 Å². The fourth-order valence-corrected chi connectivity index (χ4v) is 5.33. The second-order valence-electron chi connectivity index (χ2n) is 6.24. The molecule has 0 spiro atoms. The van der Waals surface area contributed by atoms with Gasteiger partial charge in [-0.25, -0.2) is 12.8 Å². The maximum absolute atomic E-state index is 13.5. The van der Waals surface area contributed by atoms with Crippen LogP contribution in [0.2, 0.25) is 0 Å². The molecule has 0 saturated heterocycles. The molecule has 0 amide bonds. The van der Waals surface area contributed by atoms with Gasteiger partial charge in [0, 0.05) is 16.1 Å². The third-order valence-corrected chi connectivity index (χ3v) is 8.49. The summed E-state index contributed by atoms with van der Waals surface area (Å²) in [5.41, 5.74) is 0.362. The molecular formula is C15H21Br2FO2S. The van der Waals surface area contributed by atoms with Gasteiger partial charge in [0.2, 0.25) is 0 Å². The molecule has 1 aromatic carbocycles. The van der Waals surface area contributed by atoms with Gasteiger partial charge >= 0.3 is 0 Å². The van der Waals surface area contributed by atoms with Gasteiger partial charge in [0.1, 0.15) is 5.82 Å². The first-order chi connectivity index (χ1) is 9.58. The molecule has 0 fully saturated rings. The van der Waals surface area contributed by atoms with E-state index in [1.54, 1.807) is 26.8 Å². The van der Waals surface area contributed by atoms with Crippen molar-refractivity contribution >= 4 is 41.7 Å². The van der Waals surface area contributed by atoms with Crippen molar-refractivity contribution < 1.29 is 12.8 Å². The second kappa shape index (κ2) is 7.09. The van der Waals surface area contributed by atoms with Crippen LogP contribution in [0.3, 0.4) is 0 Å². The molecule has 2 nitrogen and oxygen atoms in total. The summed E-state index contributed by atoms with van der Waals surface area (Å²) in [4.78, 5) is 0. The van der Waals surface area contributed by atoms with E-state index in [-0.39, 0.29) is 11.6 Å². The van der Waals surface area contributed by atoms with Crippen LogP contribution in [0.25, 0.3) is 0 Å². The molecular weight excluding hydrogens is 423 g/mol. The van der Waals surface area contributed by atoms with E-state index in [2.05, 4.69) is 31.9 Å². The molecule has 0 aliphatic heterocycles. The lowest BCUT2D eigenvalue weighted by Gasteiger charge is -2.32. The van der Waals surface area contributed by atoms with Crippen molar-refractivity contribution in [2.45, 2.75) is 37.4 Å². The van der Waals surface area contributed by atoms with Crippen LogP contribution in [0.1, 0.15) is 32.8 Å². The van der Waals surface area contributed by atoms with Crippen LogP contribution in [0.5, 0.6) is 0 Å². The van der Waals surface area contributed by atoms with Gasteiger partial charge in [-0.2, -0.15) is 0 Å². The molecule has 0 bridgehead atoms. The standard InChI is InChI=1S/C15H21Br2FO2S/c1-14(2,3)21(19,20)8-7-15(10-16,11-17)12-5-4-6-13(18)9-12/h4-6,9H,7-8,10-11H2,1-3H3. The summed E-state index contributed by atoms with van der Waals surface area (Å²) in [6.07, 6.45) is 0.437. The van der Waals surface area contributed by atoms with Crippen molar-refractivity contribution in [2.75, 3.05) is 16.4 Å². The first kappa shape index (κ1) is 19.1. The molecule has 1 rings (SSSR count). The molecule has 0 heterocycles. The highest BCUT2D eigenvalue weighted by Gasteiger charge is 2.35. The zero-order chi connectivity index (χ0) is 16.3. The maximum Gasteiger partial charge on any atom is 0.155 e. The van der Waals surface area contributed by atoms with Crippen molar-refractivity contribution in [1.29, 1.82) is 0 Å². The van der Waals surface area contributed by atoms with Gasteiger partial charge in [0.05, 0.1) is 10.5 Å². The van der Waals surface area contributed by atoms with Crippen LogP contribution >= 0.6 is 31.9 Å². The van der Waals surface area contributed by atoms with E-state index in [1.165, 1.54) is 12.1 Å². The van der Waals surface area contributed by atoms with Crippen LogP contribution < -0.4 is 0 Å². The second-order valence-corrected chi connectivity index (χ2v) is 10.2. The number of hydrogen-bond donors (Lipinski definition) is 0. The van der Waals surface area contributed by atoms with E-state index in [4.69, 9.17) is 0 Å². The van der Waals surface area contributed by atoms with Gasteiger partial charge in [-0.05, 0) is 44.9 Å². The van der Waals surface area contributed by atoms with Crippen molar-refractivity contribution in [2.24, 2.45) is 0 Å². The Morgan fingerprint density at radius 3 is 2.14 bits per heavy atom. The van der Waals surface area contributed by atoms with E-state index in [9.17, 15) is 12.8 Å². The minimum Gasteiger partial charge on any atom is -0.228 e. The lowest BCUT2D eigenvalue weighted by atomic mass is 9.82. The van der Waals surface area contributed by atoms with Crippen molar-refractivity contribution in [3.63, 3.8) is 0 Å². The van der Waals surface area contributed by atoms with Crippen molar-refractivity contribution in [1.82, 2.24) is 0 Å². The molecule has 0 atom stereocenters. The minimum atomic E-state index is -3.20. The molecule has 0 N–H and O–H groups in total. The molecule has 0 aromatic heterocycles. The van der Waals surface area contributed by atoms with Crippen molar-refractivity contribution in [3.8, 4) is 0 Å². The van der Waals surface area contributed by atoms with E-state index >= 15 is 0 Å². The SMILES string of the molecule is CC(C)(C)S(=O)(=O)CCC(CBr)(CBr)c1cccc(F)c1. The number of rotatable bonds is 6. The summed E-state index contributed by atoms with van der Waals surface area (Å²) < 4.78 is 37.4. The highest BCUT2D eigenvalue weighted by atomic mass is 79.9. The van der Waals surface area contributed by atoms with E-state index in [0.717, 1.165) is 5.56 Å². The predicted molar refractivity (Wildman–Crippen MR) is 93.8 cm³/mol. The van der Waals surface area contributed by atoms with Gasteiger partial charge in [0.25, 0.3) is 0 Å². The van der Waals surface area contributed by atoms with Crippen LogP contribution in [0.15, 0.2) is 24.3 Å². The summed E-state index contributed by atoms with van der Waals surface area (Å²) >= 11 is 6.93. The Bertz CT molecular complexity index is 576. The average Bonchev–Trinajstić information content (AvgIpc) is 2.39. The summed E-state index contributed by atoms with van der Waals surface area (Å²) in [6, 6.07) is 6.37. The molecule has 0 saturated carbocycles. The Labute approximate surface area is 143 Å². The number of hydrogen-bond acceptors (Lipinski definition) is 2. The molecule has 0 aliphatic rings. The topological polar surface area (TPSA) is 34.1 Å². The third-order valence-electron chi connectivity index (χ3n) is 3.73. The zero-order valence-corrected chi connectivity index (χ0v) is 16.5. The summed E-state index contributed by atoms with van der Waals surface area (Å²) in [7, 11) is -3.20. The Hall–Kier alpha value is 0.0600.